The van der Waals surface area contributed by atoms with Gasteiger partial charge in [-0.05, 0) is 38.5 Å². The normalized spacial score (nSPS) is 13.6. The number of halogens is 4. The summed E-state index contributed by atoms with van der Waals surface area (Å²) in [6.45, 7) is 4.94. The topological polar surface area (TPSA) is 64.3 Å². The van der Waals surface area contributed by atoms with Crippen LogP contribution in [0.1, 0.15) is 37.9 Å². The third kappa shape index (κ3) is 5.51. The molecule has 1 amide bonds. The number of ether oxygens (including phenoxy) is 1. The van der Waals surface area contributed by atoms with Crippen LogP contribution < -0.4 is 11.1 Å². The number of hydrogen-bond donors (Lipinski definition) is 2. The Morgan fingerprint density at radius 3 is 2.36 bits per heavy atom. The maximum Gasteiger partial charge on any atom is 0.419 e. The zero-order chi connectivity index (χ0) is 17.1. The quantitative estimate of drug-likeness (QED) is 0.839. The lowest BCUT2D eigenvalue weighted by molar-refractivity contribution is -0.140. The number of amides is 1. The molecule has 0 heterocycles. The minimum absolute atomic E-state index is 0.0975. The summed E-state index contributed by atoms with van der Waals surface area (Å²) in [4.78, 5) is 11.4. The standard InChI is InChI=1S/C14H18F4N2O2/c1-13(2,3)22-12(21)20-7-11(19)8-4-5-9(10(15)6-8)14(16,17)18/h4-6,11H,7,19H2,1-3H3,(H,20,21). The van der Waals surface area contributed by atoms with Crippen molar-refractivity contribution in [2.45, 2.75) is 38.6 Å². The highest BCUT2D eigenvalue weighted by Gasteiger charge is 2.34. The highest BCUT2D eigenvalue weighted by atomic mass is 19.4. The fraction of sp³-hybridized carbons (Fsp3) is 0.500. The van der Waals surface area contributed by atoms with E-state index in [0.717, 1.165) is 6.07 Å². The van der Waals surface area contributed by atoms with Crippen molar-refractivity contribution in [3.8, 4) is 0 Å². The fourth-order valence-electron chi connectivity index (χ4n) is 1.62. The summed E-state index contributed by atoms with van der Waals surface area (Å²) in [5.41, 5.74) is 3.81. The summed E-state index contributed by atoms with van der Waals surface area (Å²) < 4.78 is 55.8. The van der Waals surface area contributed by atoms with Gasteiger partial charge in [0.15, 0.2) is 0 Å². The van der Waals surface area contributed by atoms with Gasteiger partial charge < -0.3 is 15.8 Å². The van der Waals surface area contributed by atoms with Gasteiger partial charge in [-0.1, -0.05) is 6.07 Å². The fourth-order valence-corrected chi connectivity index (χ4v) is 1.62. The van der Waals surface area contributed by atoms with Crippen LogP contribution in [0.15, 0.2) is 18.2 Å². The minimum atomic E-state index is -4.76. The average Bonchev–Trinajstić information content (AvgIpc) is 2.32. The van der Waals surface area contributed by atoms with Gasteiger partial charge >= 0.3 is 12.3 Å². The molecule has 4 nitrogen and oxygen atoms in total. The molecule has 0 radical (unpaired) electrons. The Labute approximate surface area is 125 Å². The predicted octanol–water partition coefficient (Wildman–Crippen LogP) is 3.37. The third-order valence-corrected chi connectivity index (χ3v) is 2.59. The van der Waals surface area contributed by atoms with Gasteiger partial charge in [-0.3, -0.25) is 0 Å². The Balaban J connectivity index is 2.69. The molecule has 0 fully saturated rings. The van der Waals surface area contributed by atoms with Crippen molar-refractivity contribution in [1.82, 2.24) is 5.32 Å². The third-order valence-electron chi connectivity index (χ3n) is 2.59. The number of rotatable bonds is 3. The minimum Gasteiger partial charge on any atom is -0.444 e. The molecule has 0 aliphatic carbocycles. The van der Waals surface area contributed by atoms with Crippen LogP contribution in [0.4, 0.5) is 22.4 Å². The molecule has 1 atom stereocenters. The van der Waals surface area contributed by atoms with E-state index in [-0.39, 0.29) is 12.1 Å². The van der Waals surface area contributed by atoms with E-state index in [4.69, 9.17) is 10.5 Å². The second-order valence-corrected chi connectivity index (χ2v) is 5.73. The van der Waals surface area contributed by atoms with E-state index in [0.29, 0.717) is 12.1 Å². The Morgan fingerprint density at radius 1 is 1.32 bits per heavy atom. The van der Waals surface area contributed by atoms with Crippen molar-refractivity contribution >= 4 is 6.09 Å². The van der Waals surface area contributed by atoms with E-state index in [9.17, 15) is 22.4 Å². The van der Waals surface area contributed by atoms with Crippen LogP contribution in [0.3, 0.4) is 0 Å². The van der Waals surface area contributed by atoms with E-state index in [1.807, 2.05) is 0 Å². The van der Waals surface area contributed by atoms with Gasteiger partial charge in [0.2, 0.25) is 0 Å². The number of alkyl carbamates (subject to hydrolysis) is 1. The zero-order valence-electron chi connectivity index (χ0n) is 12.4. The highest BCUT2D eigenvalue weighted by Crippen LogP contribution is 2.32. The molecule has 0 aromatic heterocycles. The molecule has 124 valence electrons. The Morgan fingerprint density at radius 2 is 1.91 bits per heavy atom. The van der Waals surface area contributed by atoms with Gasteiger partial charge in [-0.15, -0.1) is 0 Å². The first-order valence-corrected chi connectivity index (χ1v) is 6.49. The first kappa shape index (κ1) is 18.2. The number of nitrogens with one attached hydrogen (secondary N) is 1. The highest BCUT2D eigenvalue weighted by molar-refractivity contribution is 5.67. The molecular formula is C14H18F4N2O2. The van der Waals surface area contributed by atoms with Crippen LogP contribution in [-0.2, 0) is 10.9 Å². The SMILES string of the molecule is CC(C)(C)OC(=O)NCC(N)c1ccc(C(F)(F)F)c(F)c1. The molecule has 8 heteroatoms. The van der Waals surface area contributed by atoms with Gasteiger partial charge in [0, 0.05) is 12.6 Å². The molecule has 0 aliphatic heterocycles. The van der Waals surface area contributed by atoms with Crippen LogP contribution >= 0.6 is 0 Å². The number of benzene rings is 1. The van der Waals surface area contributed by atoms with Crippen molar-refractivity contribution in [3.63, 3.8) is 0 Å². The molecule has 1 unspecified atom stereocenters. The average molecular weight is 322 g/mol. The van der Waals surface area contributed by atoms with Crippen molar-refractivity contribution in [2.75, 3.05) is 6.54 Å². The lowest BCUT2D eigenvalue weighted by Crippen LogP contribution is -2.36. The molecular weight excluding hydrogens is 304 g/mol. The van der Waals surface area contributed by atoms with Crippen LogP contribution in [0.2, 0.25) is 0 Å². The lowest BCUT2D eigenvalue weighted by Gasteiger charge is -2.21. The van der Waals surface area contributed by atoms with E-state index < -0.39 is 35.3 Å². The summed E-state index contributed by atoms with van der Waals surface area (Å²) in [5.74, 6) is -1.40. The largest absolute Gasteiger partial charge is 0.444 e. The van der Waals surface area contributed by atoms with E-state index in [2.05, 4.69) is 5.32 Å². The van der Waals surface area contributed by atoms with Crippen LogP contribution in [0.5, 0.6) is 0 Å². The molecule has 0 saturated carbocycles. The van der Waals surface area contributed by atoms with E-state index >= 15 is 0 Å². The van der Waals surface area contributed by atoms with Gasteiger partial charge in [-0.25, -0.2) is 9.18 Å². The maximum atomic E-state index is 13.4. The molecule has 22 heavy (non-hydrogen) atoms. The first-order chi connectivity index (χ1) is 9.90. The molecule has 0 aliphatic rings. The molecule has 3 N–H and O–H groups in total. The Bertz CT molecular complexity index is 539. The van der Waals surface area contributed by atoms with Gasteiger partial charge in [0.1, 0.15) is 11.4 Å². The first-order valence-electron chi connectivity index (χ1n) is 6.49. The lowest BCUT2D eigenvalue weighted by atomic mass is 10.0. The molecule has 0 bridgehead atoms. The Hall–Kier alpha value is -1.83. The predicted molar refractivity (Wildman–Crippen MR) is 72.6 cm³/mol. The molecule has 0 saturated heterocycles. The van der Waals surface area contributed by atoms with Crippen molar-refractivity contribution in [2.24, 2.45) is 5.73 Å². The molecule has 1 rings (SSSR count). The molecule has 1 aromatic carbocycles. The number of hydrogen-bond acceptors (Lipinski definition) is 3. The van der Waals surface area contributed by atoms with Gasteiger partial charge in [-0.2, -0.15) is 13.2 Å². The maximum absolute atomic E-state index is 13.4. The second-order valence-electron chi connectivity index (χ2n) is 5.73. The van der Waals surface area contributed by atoms with E-state index in [1.54, 1.807) is 20.8 Å². The van der Waals surface area contributed by atoms with Crippen LogP contribution in [0, 0.1) is 5.82 Å². The van der Waals surface area contributed by atoms with Gasteiger partial charge in [0.25, 0.3) is 0 Å². The summed E-state index contributed by atoms with van der Waals surface area (Å²) in [7, 11) is 0. The van der Waals surface area contributed by atoms with Crippen molar-refractivity contribution in [1.29, 1.82) is 0 Å². The van der Waals surface area contributed by atoms with Crippen molar-refractivity contribution in [3.05, 3.63) is 35.1 Å². The summed E-state index contributed by atoms with van der Waals surface area (Å²) in [6.07, 6.45) is -5.48. The van der Waals surface area contributed by atoms with Crippen LogP contribution in [0.25, 0.3) is 0 Å². The second kappa shape index (κ2) is 6.51. The number of nitrogens with two attached hydrogens (primary N) is 1. The number of carbonyl (C=O) groups excluding carboxylic acids is 1. The molecule has 0 spiro atoms. The summed E-state index contributed by atoms with van der Waals surface area (Å²) >= 11 is 0. The molecule has 1 aromatic rings. The summed E-state index contributed by atoms with van der Waals surface area (Å²) in [5, 5.41) is 2.37. The smallest absolute Gasteiger partial charge is 0.419 e. The van der Waals surface area contributed by atoms with Crippen molar-refractivity contribution < 1.29 is 27.1 Å². The Kier molecular flexibility index (Phi) is 5.39. The summed E-state index contributed by atoms with van der Waals surface area (Å²) in [6, 6.07) is 1.56. The zero-order valence-corrected chi connectivity index (χ0v) is 12.4. The van der Waals surface area contributed by atoms with Gasteiger partial charge in [0.05, 0.1) is 5.56 Å². The van der Waals surface area contributed by atoms with Crippen LogP contribution in [-0.4, -0.2) is 18.2 Å². The number of carbonyl (C=O) groups is 1. The van der Waals surface area contributed by atoms with E-state index in [1.165, 1.54) is 0 Å². The monoisotopic (exact) mass is 322 g/mol. The number of alkyl halides is 3.